The molecule has 0 saturated carbocycles. The van der Waals surface area contributed by atoms with Crippen LogP contribution in [0.4, 0.5) is 0 Å². The van der Waals surface area contributed by atoms with Crippen LogP contribution in [0.2, 0.25) is 0 Å². The summed E-state index contributed by atoms with van der Waals surface area (Å²) in [5.74, 6) is -10.0. The summed E-state index contributed by atoms with van der Waals surface area (Å²) in [7, 11) is 0. The molecule has 0 aromatic carbocycles. The van der Waals surface area contributed by atoms with Gasteiger partial charge in [-0.3, -0.25) is 19.2 Å². The molecule has 0 spiro atoms. The van der Waals surface area contributed by atoms with Crippen molar-refractivity contribution in [2.75, 3.05) is 0 Å². The van der Waals surface area contributed by atoms with E-state index in [0.717, 1.165) is 0 Å². The summed E-state index contributed by atoms with van der Waals surface area (Å²) >= 11 is 0. The Bertz CT molecular complexity index is 533. The summed E-state index contributed by atoms with van der Waals surface area (Å²) in [6.07, 6.45) is -4.58. The average Bonchev–Trinajstić information content (AvgIpc) is 2.34. The molecule has 0 aromatic rings. The van der Waals surface area contributed by atoms with E-state index in [-0.39, 0.29) is 78.7 Å². The van der Waals surface area contributed by atoms with Gasteiger partial charge in [0.2, 0.25) is 0 Å². The van der Waals surface area contributed by atoms with Crippen molar-refractivity contribution >= 4 is 58.9 Å². The summed E-state index contributed by atoms with van der Waals surface area (Å²) in [4.78, 5) is 61.0. The second kappa shape index (κ2) is 15.0. The second-order valence-electron chi connectivity index (χ2n) is 4.96. The molecule has 0 radical (unpaired) electrons. The van der Waals surface area contributed by atoms with Crippen LogP contribution in [0.25, 0.3) is 0 Å². The Balaban J connectivity index is -0.0000000640. The zero-order valence-corrected chi connectivity index (χ0v) is 19.1. The van der Waals surface area contributed by atoms with Gasteiger partial charge in [0.1, 0.15) is 0 Å². The van der Waals surface area contributed by atoms with E-state index < -0.39 is 72.7 Å². The number of hydrogen-bond acceptors (Lipinski definition) is 8. The minimum atomic E-state index is -2.74. The van der Waals surface area contributed by atoms with Crippen LogP contribution in [0.3, 0.4) is 0 Å². The topological polar surface area (TPSA) is 264 Å². The van der Waals surface area contributed by atoms with Gasteiger partial charge in [0.25, 0.3) is 0 Å². The summed E-state index contributed by atoms with van der Waals surface area (Å²) in [5.41, 5.74) is -5.48. The first-order chi connectivity index (χ1) is 11.6. The van der Waals surface area contributed by atoms with Crippen LogP contribution in [-0.4, -0.2) is 111 Å². The molecular formula is C12H19KMgO14. The molecule has 0 aliphatic heterocycles. The molecule has 0 fully saturated rings. The maximum Gasteiger partial charge on any atom is 2.00 e. The number of hydrogen-bond donors (Lipinski definition) is 8. The summed E-state index contributed by atoms with van der Waals surface area (Å²) < 4.78 is 0. The van der Waals surface area contributed by atoms with Crippen LogP contribution < -0.4 is 51.4 Å². The van der Waals surface area contributed by atoms with Gasteiger partial charge in [0, 0.05) is 0 Å². The predicted octanol–water partition coefficient (Wildman–Crippen LogP) is -5.54. The quantitative estimate of drug-likeness (QED) is 0.144. The number of rotatable bonds is 10. The predicted molar refractivity (Wildman–Crippen MR) is 83.3 cm³/mol. The molecule has 0 rings (SSSR count). The molecule has 0 aliphatic rings. The number of carbonyl (C=O) groups is 6. The summed E-state index contributed by atoms with van der Waals surface area (Å²) in [6.45, 7) is 0. The largest absolute Gasteiger partial charge is 2.00 e. The van der Waals surface area contributed by atoms with E-state index in [9.17, 15) is 28.8 Å². The van der Waals surface area contributed by atoms with Crippen molar-refractivity contribution in [3.63, 3.8) is 0 Å². The Labute approximate surface area is 219 Å². The van der Waals surface area contributed by atoms with Gasteiger partial charge in [0.05, 0.1) is 25.7 Å². The van der Waals surface area contributed by atoms with Gasteiger partial charge in [-0.05, 0) is 0 Å². The zero-order valence-electron chi connectivity index (χ0n) is 17.6. The van der Waals surface area contributed by atoms with Gasteiger partial charge in [0.15, 0.2) is 11.2 Å². The van der Waals surface area contributed by atoms with E-state index in [1.54, 1.807) is 0 Å². The third kappa shape index (κ3) is 15.1. The first-order valence-electron chi connectivity index (χ1n) is 6.34. The minimum Gasteiger partial charge on any atom is -1.00 e. The van der Waals surface area contributed by atoms with Gasteiger partial charge in [-0.25, -0.2) is 9.59 Å². The fourth-order valence-corrected chi connectivity index (χ4v) is 1.43. The molecule has 0 bridgehead atoms. The van der Waals surface area contributed by atoms with Gasteiger partial charge >= 0.3 is 110 Å². The molecule has 0 unspecified atom stereocenters. The van der Waals surface area contributed by atoms with Gasteiger partial charge in [-0.1, -0.05) is 0 Å². The maximum atomic E-state index is 10.3. The Morgan fingerprint density at radius 3 is 0.750 bits per heavy atom. The first-order valence-corrected chi connectivity index (χ1v) is 6.34. The van der Waals surface area contributed by atoms with Crippen molar-refractivity contribution in [2.24, 2.45) is 0 Å². The normalized spacial score (nSPS) is 10.1. The average molecular weight is 451 g/mol. The zero-order chi connectivity index (χ0) is 21.3. The molecule has 14 nitrogen and oxygen atoms in total. The van der Waals surface area contributed by atoms with Crippen molar-refractivity contribution in [3.05, 3.63) is 0 Å². The Morgan fingerprint density at radius 1 is 0.536 bits per heavy atom. The van der Waals surface area contributed by atoms with Crippen LogP contribution >= 0.6 is 0 Å². The molecule has 16 heteroatoms. The van der Waals surface area contributed by atoms with E-state index in [1.165, 1.54) is 0 Å². The first kappa shape index (κ1) is 34.6. The molecule has 0 heterocycles. The van der Waals surface area contributed by atoms with Gasteiger partial charge < -0.3 is 45.1 Å². The monoisotopic (exact) mass is 450 g/mol. The van der Waals surface area contributed by atoms with E-state index in [0.29, 0.717) is 0 Å². The number of aliphatic hydroxyl groups is 2. The SMILES string of the molecule is O=C(O)CC(O)(CC(=O)O)C(=O)O.O=C(O)CC(O)(CC(=O)O)C(=O)O.[H-].[H-].[H-].[K+].[Mg+2]. The Kier molecular flexibility index (Phi) is 18.6. The molecule has 0 atom stereocenters. The molecule has 154 valence electrons. The standard InChI is InChI=1S/2C6H8O7.K.Mg.3H/c2*7-3(8)1-6(13,5(11)12)2-4(9)10;;;;;/h2*13H,1-2H2,(H,7,8)(H,9,10)(H,11,12);;;;;/q;;+1;+2;3*-1. The Hall–Kier alpha value is -0.857. The number of aliphatic carboxylic acids is 6. The van der Waals surface area contributed by atoms with Crippen molar-refractivity contribution in [3.8, 4) is 0 Å². The van der Waals surface area contributed by atoms with Crippen LogP contribution in [0, 0.1) is 0 Å². The fourth-order valence-electron chi connectivity index (χ4n) is 1.43. The summed E-state index contributed by atoms with van der Waals surface area (Å²) in [5, 5.41) is 67.6. The summed E-state index contributed by atoms with van der Waals surface area (Å²) in [6, 6.07) is 0. The molecule has 0 aliphatic carbocycles. The van der Waals surface area contributed by atoms with Gasteiger partial charge in [-0.15, -0.1) is 0 Å². The van der Waals surface area contributed by atoms with Gasteiger partial charge in [-0.2, -0.15) is 0 Å². The smallest absolute Gasteiger partial charge is 1.00 e. The molecule has 28 heavy (non-hydrogen) atoms. The van der Waals surface area contributed by atoms with Crippen molar-refractivity contribution in [1.82, 2.24) is 0 Å². The van der Waals surface area contributed by atoms with E-state index in [1.807, 2.05) is 0 Å². The van der Waals surface area contributed by atoms with E-state index in [4.69, 9.17) is 40.9 Å². The fraction of sp³-hybridized carbons (Fsp3) is 0.500. The van der Waals surface area contributed by atoms with E-state index in [2.05, 4.69) is 0 Å². The minimum absolute atomic E-state index is 0. The van der Waals surface area contributed by atoms with Crippen LogP contribution in [-0.2, 0) is 28.8 Å². The molecule has 0 aromatic heterocycles. The molecule has 0 amide bonds. The van der Waals surface area contributed by atoms with Crippen molar-refractivity contribution < 1.29 is 125 Å². The third-order valence-electron chi connectivity index (χ3n) is 2.57. The number of carboxylic acids is 6. The van der Waals surface area contributed by atoms with Crippen molar-refractivity contribution in [1.29, 1.82) is 0 Å². The second-order valence-corrected chi connectivity index (χ2v) is 4.96. The van der Waals surface area contributed by atoms with Crippen molar-refractivity contribution in [2.45, 2.75) is 36.9 Å². The van der Waals surface area contributed by atoms with Crippen LogP contribution in [0.1, 0.15) is 30.0 Å². The molecule has 8 N–H and O–H groups in total. The van der Waals surface area contributed by atoms with Crippen LogP contribution in [0.15, 0.2) is 0 Å². The molecule has 0 saturated heterocycles. The Morgan fingerprint density at radius 2 is 0.679 bits per heavy atom. The third-order valence-corrected chi connectivity index (χ3v) is 2.57. The molecular weight excluding hydrogens is 432 g/mol. The maximum absolute atomic E-state index is 10.3. The van der Waals surface area contributed by atoms with E-state index >= 15 is 0 Å². The number of carboxylic acid groups (broad SMARTS) is 6. The van der Waals surface area contributed by atoms with Crippen LogP contribution in [0.5, 0.6) is 0 Å².